The van der Waals surface area contributed by atoms with Crippen molar-refractivity contribution in [2.45, 2.75) is 26.4 Å². The number of aromatic nitrogens is 2. The molecule has 0 aliphatic carbocycles. The third kappa shape index (κ3) is 4.08. The zero-order valence-electron chi connectivity index (χ0n) is 14.7. The molecule has 2 aromatic carbocycles. The van der Waals surface area contributed by atoms with Gasteiger partial charge < -0.3 is 14.5 Å². The summed E-state index contributed by atoms with van der Waals surface area (Å²) in [6.45, 7) is 3.51. The van der Waals surface area contributed by atoms with Crippen LogP contribution in [0.15, 0.2) is 53.3 Å². The van der Waals surface area contributed by atoms with E-state index in [2.05, 4.69) is 16.9 Å². The molecular weight excluding hydrogens is 332 g/mol. The summed E-state index contributed by atoms with van der Waals surface area (Å²) in [6, 6.07) is 14.5. The number of para-hydroxylation sites is 1. The Morgan fingerprint density at radius 3 is 2.62 bits per heavy atom. The molecule has 6 nitrogen and oxygen atoms in total. The van der Waals surface area contributed by atoms with Crippen LogP contribution < -0.4 is 10.3 Å². The zero-order chi connectivity index (χ0) is 18.5. The van der Waals surface area contributed by atoms with Crippen LogP contribution in [-0.2, 0) is 16.0 Å². The number of esters is 1. The van der Waals surface area contributed by atoms with Crippen molar-refractivity contribution in [3.8, 4) is 5.75 Å². The van der Waals surface area contributed by atoms with Crippen molar-refractivity contribution in [1.29, 1.82) is 0 Å². The Hall–Kier alpha value is -3.15. The van der Waals surface area contributed by atoms with Crippen molar-refractivity contribution in [1.82, 2.24) is 9.97 Å². The van der Waals surface area contributed by atoms with E-state index >= 15 is 0 Å². The Labute approximate surface area is 150 Å². The average molecular weight is 352 g/mol. The Kier molecular flexibility index (Phi) is 5.31. The molecule has 0 amide bonds. The van der Waals surface area contributed by atoms with Gasteiger partial charge in [0.1, 0.15) is 5.75 Å². The van der Waals surface area contributed by atoms with Crippen molar-refractivity contribution in [3.05, 3.63) is 70.3 Å². The first-order valence-corrected chi connectivity index (χ1v) is 8.47. The Bertz CT molecular complexity index is 963. The van der Waals surface area contributed by atoms with Crippen molar-refractivity contribution in [2.24, 2.45) is 0 Å². The number of aryl methyl sites for hydroxylation is 1. The average Bonchev–Trinajstić information content (AvgIpc) is 2.66. The van der Waals surface area contributed by atoms with Crippen molar-refractivity contribution < 1.29 is 14.3 Å². The van der Waals surface area contributed by atoms with E-state index in [1.165, 1.54) is 5.56 Å². The number of carbonyl (C=O) groups excluding carboxylic acids is 1. The molecule has 0 saturated carbocycles. The van der Waals surface area contributed by atoms with Gasteiger partial charge in [-0.15, -0.1) is 0 Å². The maximum atomic E-state index is 12.1. The highest BCUT2D eigenvalue weighted by Crippen LogP contribution is 2.16. The van der Waals surface area contributed by atoms with Crippen molar-refractivity contribution >= 4 is 16.9 Å². The van der Waals surface area contributed by atoms with Gasteiger partial charge in [-0.05, 0) is 43.2 Å². The fourth-order valence-electron chi connectivity index (χ4n) is 2.55. The SMILES string of the molecule is CCc1ccc(OCC(=O)OC(C)c2nc3ccccc3c(=O)[nH]2)cc1. The van der Waals surface area contributed by atoms with E-state index < -0.39 is 12.1 Å². The van der Waals surface area contributed by atoms with Crippen molar-refractivity contribution in [3.63, 3.8) is 0 Å². The highest BCUT2D eigenvalue weighted by atomic mass is 16.6. The largest absolute Gasteiger partial charge is 0.482 e. The third-order valence-corrected chi connectivity index (χ3v) is 4.01. The van der Waals surface area contributed by atoms with Gasteiger partial charge in [0.2, 0.25) is 0 Å². The molecule has 1 heterocycles. The minimum Gasteiger partial charge on any atom is -0.482 e. The zero-order valence-corrected chi connectivity index (χ0v) is 14.7. The molecule has 0 bridgehead atoms. The highest BCUT2D eigenvalue weighted by molar-refractivity contribution is 5.77. The number of rotatable bonds is 6. The summed E-state index contributed by atoms with van der Waals surface area (Å²) in [7, 11) is 0. The highest BCUT2D eigenvalue weighted by Gasteiger charge is 2.16. The van der Waals surface area contributed by atoms with Crippen LogP contribution in [0, 0.1) is 0 Å². The Balaban J connectivity index is 1.62. The quantitative estimate of drug-likeness (QED) is 0.689. The molecule has 3 aromatic rings. The monoisotopic (exact) mass is 352 g/mol. The van der Waals surface area contributed by atoms with Gasteiger partial charge in [-0.25, -0.2) is 9.78 Å². The first kappa shape index (κ1) is 17.7. The van der Waals surface area contributed by atoms with E-state index in [1.54, 1.807) is 31.2 Å². The van der Waals surface area contributed by atoms with Gasteiger partial charge in [-0.3, -0.25) is 4.79 Å². The van der Waals surface area contributed by atoms with Gasteiger partial charge in [0.05, 0.1) is 10.9 Å². The fraction of sp³-hybridized carbons (Fsp3) is 0.250. The molecule has 1 aromatic heterocycles. The van der Waals surface area contributed by atoms with E-state index in [9.17, 15) is 9.59 Å². The number of ether oxygens (including phenoxy) is 2. The molecule has 6 heteroatoms. The molecule has 1 atom stereocenters. The molecule has 134 valence electrons. The maximum absolute atomic E-state index is 12.1. The van der Waals surface area contributed by atoms with E-state index in [-0.39, 0.29) is 12.2 Å². The van der Waals surface area contributed by atoms with E-state index in [1.807, 2.05) is 24.3 Å². The lowest BCUT2D eigenvalue weighted by molar-refractivity contribution is -0.151. The Morgan fingerprint density at radius 2 is 1.88 bits per heavy atom. The van der Waals surface area contributed by atoms with Gasteiger partial charge in [-0.2, -0.15) is 0 Å². The smallest absolute Gasteiger partial charge is 0.344 e. The van der Waals surface area contributed by atoms with Gasteiger partial charge in [0, 0.05) is 0 Å². The molecule has 0 fully saturated rings. The molecule has 0 radical (unpaired) electrons. The molecule has 0 spiro atoms. The summed E-state index contributed by atoms with van der Waals surface area (Å²) in [5.74, 6) is 0.367. The number of fused-ring (bicyclic) bond motifs is 1. The first-order valence-electron chi connectivity index (χ1n) is 8.47. The number of aromatic amines is 1. The van der Waals surface area contributed by atoms with Crippen LogP contribution in [0.5, 0.6) is 5.75 Å². The lowest BCUT2D eigenvalue weighted by Crippen LogP contribution is -2.20. The van der Waals surface area contributed by atoms with Crippen LogP contribution in [0.25, 0.3) is 10.9 Å². The van der Waals surface area contributed by atoms with E-state index in [0.717, 1.165) is 6.42 Å². The van der Waals surface area contributed by atoms with Crippen molar-refractivity contribution in [2.75, 3.05) is 6.61 Å². The molecule has 0 aliphatic rings. The minimum absolute atomic E-state index is 0.215. The van der Waals surface area contributed by atoms with Gasteiger partial charge in [0.25, 0.3) is 5.56 Å². The standard InChI is InChI=1S/C20H20N2O4/c1-3-14-8-10-15(11-9-14)25-12-18(23)26-13(2)19-21-17-7-5-4-6-16(17)20(24)22-19/h4-11,13H,3,12H2,1-2H3,(H,21,22,24). The lowest BCUT2D eigenvalue weighted by Gasteiger charge is -2.13. The van der Waals surface area contributed by atoms with Crippen LogP contribution in [0.1, 0.15) is 31.3 Å². The van der Waals surface area contributed by atoms with Crippen LogP contribution in [0.3, 0.4) is 0 Å². The van der Waals surface area contributed by atoms with Gasteiger partial charge in [-0.1, -0.05) is 31.2 Å². The number of carbonyl (C=O) groups is 1. The molecule has 0 saturated heterocycles. The van der Waals surface area contributed by atoms with Crippen LogP contribution in [0.4, 0.5) is 0 Å². The fourth-order valence-corrected chi connectivity index (χ4v) is 2.55. The number of hydrogen-bond acceptors (Lipinski definition) is 5. The summed E-state index contributed by atoms with van der Waals surface area (Å²) in [5.41, 5.74) is 1.49. The predicted molar refractivity (Wildman–Crippen MR) is 98.2 cm³/mol. The van der Waals surface area contributed by atoms with Gasteiger partial charge in [0.15, 0.2) is 18.5 Å². The maximum Gasteiger partial charge on any atom is 0.344 e. The molecule has 1 N–H and O–H groups in total. The molecule has 0 aliphatic heterocycles. The summed E-state index contributed by atoms with van der Waals surface area (Å²) >= 11 is 0. The third-order valence-electron chi connectivity index (χ3n) is 4.01. The molecule has 3 rings (SSSR count). The predicted octanol–water partition coefficient (Wildman–Crippen LogP) is 3.17. The molecular formula is C20H20N2O4. The minimum atomic E-state index is -0.689. The number of hydrogen-bond donors (Lipinski definition) is 1. The Morgan fingerprint density at radius 1 is 1.15 bits per heavy atom. The van der Waals surface area contributed by atoms with Crippen LogP contribution in [-0.4, -0.2) is 22.5 Å². The summed E-state index contributed by atoms with van der Waals surface area (Å²) in [6.07, 6.45) is 0.252. The van der Waals surface area contributed by atoms with E-state index in [0.29, 0.717) is 22.5 Å². The second-order valence-corrected chi connectivity index (χ2v) is 5.89. The summed E-state index contributed by atoms with van der Waals surface area (Å²) < 4.78 is 10.7. The second-order valence-electron chi connectivity index (χ2n) is 5.89. The molecule has 26 heavy (non-hydrogen) atoms. The van der Waals surface area contributed by atoms with Crippen LogP contribution >= 0.6 is 0 Å². The van der Waals surface area contributed by atoms with Crippen LogP contribution in [0.2, 0.25) is 0 Å². The second kappa shape index (κ2) is 7.82. The van der Waals surface area contributed by atoms with Gasteiger partial charge >= 0.3 is 5.97 Å². The summed E-state index contributed by atoms with van der Waals surface area (Å²) in [4.78, 5) is 31.1. The number of H-pyrrole nitrogens is 1. The topological polar surface area (TPSA) is 81.3 Å². The number of nitrogens with one attached hydrogen (secondary N) is 1. The normalized spacial score (nSPS) is 11.9. The first-order chi connectivity index (χ1) is 12.6. The number of nitrogens with zero attached hydrogens (tertiary/aromatic N) is 1. The summed E-state index contributed by atoms with van der Waals surface area (Å²) in [5, 5.41) is 0.494. The van der Waals surface area contributed by atoms with E-state index in [4.69, 9.17) is 9.47 Å². The number of benzene rings is 2. The lowest BCUT2D eigenvalue weighted by atomic mass is 10.2. The molecule has 1 unspecified atom stereocenters.